The largest absolute Gasteiger partial charge is 0.454 e. The van der Waals surface area contributed by atoms with E-state index in [1.807, 2.05) is 32.0 Å². The fraction of sp³-hybridized carbons (Fsp3) is 0.500. The number of aliphatic hydroxyl groups is 1. The Hall–Kier alpha value is -1.26. The fourth-order valence-electron chi connectivity index (χ4n) is 1.53. The Balaban J connectivity index is 2.00. The third kappa shape index (κ3) is 2.46. The van der Waals surface area contributed by atoms with E-state index in [9.17, 15) is 0 Å². The molecule has 0 aliphatic carbocycles. The van der Waals surface area contributed by atoms with Crippen LogP contribution in [0.4, 0.5) is 0 Å². The summed E-state index contributed by atoms with van der Waals surface area (Å²) in [5.74, 6) is 1.62. The van der Waals surface area contributed by atoms with Crippen LogP contribution in [0.3, 0.4) is 0 Å². The van der Waals surface area contributed by atoms with Gasteiger partial charge in [0.25, 0.3) is 0 Å². The van der Waals surface area contributed by atoms with Crippen molar-refractivity contribution in [1.82, 2.24) is 0 Å². The van der Waals surface area contributed by atoms with Crippen molar-refractivity contribution in [1.29, 1.82) is 0 Å². The van der Waals surface area contributed by atoms with Gasteiger partial charge in [-0.2, -0.15) is 0 Å². The summed E-state index contributed by atoms with van der Waals surface area (Å²) in [5.41, 5.74) is 1.03. The number of fused-ring (bicyclic) bond motifs is 1. The highest BCUT2D eigenvalue weighted by Gasteiger charge is 2.20. The molecular formula is C12H18NO3+. The summed E-state index contributed by atoms with van der Waals surface area (Å²) in [5, 5.41) is 11.3. The number of rotatable bonds is 4. The zero-order valence-corrected chi connectivity index (χ0v) is 9.69. The van der Waals surface area contributed by atoms with Crippen molar-refractivity contribution in [2.45, 2.75) is 25.9 Å². The zero-order chi connectivity index (χ0) is 11.6. The highest BCUT2D eigenvalue weighted by atomic mass is 16.7. The molecule has 16 heavy (non-hydrogen) atoms. The van der Waals surface area contributed by atoms with Crippen LogP contribution in [0.2, 0.25) is 0 Å². The first-order valence-corrected chi connectivity index (χ1v) is 5.44. The van der Waals surface area contributed by atoms with Crippen molar-refractivity contribution >= 4 is 0 Å². The first-order chi connectivity index (χ1) is 7.61. The minimum atomic E-state index is -0.142. The number of hydrogen-bond acceptors (Lipinski definition) is 3. The smallest absolute Gasteiger partial charge is 0.231 e. The summed E-state index contributed by atoms with van der Waals surface area (Å²) in [4.78, 5) is 0. The molecule has 0 amide bonds. The van der Waals surface area contributed by atoms with Gasteiger partial charge in [-0.05, 0) is 32.0 Å². The Morgan fingerprint density at radius 1 is 1.31 bits per heavy atom. The number of nitrogens with two attached hydrogens (primary N) is 1. The minimum absolute atomic E-state index is 0.142. The topological polar surface area (TPSA) is 55.3 Å². The average Bonchev–Trinajstić information content (AvgIpc) is 2.73. The van der Waals surface area contributed by atoms with Crippen molar-refractivity contribution in [3.05, 3.63) is 23.8 Å². The van der Waals surface area contributed by atoms with Gasteiger partial charge in [-0.15, -0.1) is 0 Å². The minimum Gasteiger partial charge on any atom is -0.454 e. The van der Waals surface area contributed by atoms with Crippen LogP contribution in [0.15, 0.2) is 18.2 Å². The fourth-order valence-corrected chi connectivity index (χ4v) is 1.53. The monoisotopic (exact) mass is 224 g/mol. The number of aliphatic hydroxyl groups excluding tert-OH is 1. The van der Waals surface area contributed by atoms with E-state index in [0.29, 0.717) is 6.79 Å². The predicted octanol–water partition coefficient (Wildman–Crippen LogP) is 0.250. The van der Waals surface area contributed by atoms with E-state index < -0.39 is 0 Å². The van der Waals surface area contributed by atoms with Crippen molar-refractivity contribution in [2.24, 2.45) is 0 Å². The quantitative estimate of drug-likeness (QED) is 0.771. The summed E-state index contributed by atoms with van der Waals surface area (Å²) in [6, 6.07) is 5.95. The van der Waals surface area contributed by atoms with E-state index in [1.54, 1.807) is 0 Å². The van der Waals surface area contributed by atoms with Gasteiger partial charge in [-0.25, -0.2) is 0 Å². The molecule has 0 bridgehead atoms. The van der Waals surface area contributed by atoms with E-state index in [1.165, 1.54) is 5.56 Å². The Kier molecular flexibility index (Phi) is 3.03. The average molecular weight is 224 g/mol. The molecule has 0 radical (unpaired) electrons. The number of benzene rings is 1. The van der Waals surface area contributed by atoms with Gasteiger partial charge in [0.2, 0.25) is 6.79 Å². The van der Waals surface area contributed by atoms with Gasteiger partial charge in [-0.3, -0.25) is 0 Å². The number of quaternary nitrogens is 1. The summed E-state index contributed by atoms with van der Waals surface area (Å²) in [6.45, 7) is 5.33. The third-order valence-electron chi connectivity index (χ3n) is 2.73. The number of ether oxygens (including phenoxy) is 2. The van der Waals surface area contributed by atoms with E-state index >= 15 is 0 Å². The third-order valence-corrected chi connectivity index (χ3v) is 2.73. The molecule has 0 saturated carbocycles. The molecule has 3 N–H and O–H groups in total. The molecule has 4 nitrogen and oxygen atoms in total. The maximum Gasteiger partial charge on any atom is 0.231 e. The summed E-state index contributed by atoms with van der Waals surface area (Å²) >= 11 is 0. The van der Waals surface area contributed by atoms with Crippen molar-refractivity contribution < 1.29 is 19.9 Å². The van der Waals surface area contributed by atoms with E-state index in [4.69, 9.17) is 14.6 Å². The summed E-state index contributed by atoms with van der Waals surface area (Å²) < 4.78 is 10.6. The Morgan fingerprint density at radius 2 is 2.06 bits per heavy atom. The molecule has 1 aromatic rings. The molecule has 1 heterocycles. The summed E-state index contributed by atoms with van der Waals surface area (Å²) in [7, 11) is 0. The first kappa shape index (κ1) is 11.2. The molecule has 0 saturated heterocycles. The molecule has 0 atom stereocenters. The highest BCUT2D eigenvalue weighted by molar-refractivity contribution is 5.44. The molecule has 0 fully saturated rings. The molecule has 0 unspecified atom stereocenters. The molecule has 88 valence electrons. The van der Waals surface area contributed by atoms with Crippen molar-refractivity contribution in [3.8, 4) is 11.5 Å². The lowest BCUT2D eigenvalue weighted by atomic mass is 10.1. The van der Waals surface area contributed by atoms with Crippen molar-refractivity contribution in [2.75, 3.05) is 13.4 Å². The van der Waals surface area contributed by atoms with E-state index in [2.05, 4.69) is 5.32 Å². The second-order valence-electron chi connectivity index (χ2n) is 4.74. The van der Waals surface area contributed by atoms with E-state index in [0.717, 1.165) is 18.0 Å². The lowest BCUT2D eigenvalue weighted by Gasteiger charge is -2.19. The molecule has 1 aliphatic rings. The Morgan fingerprint density at radius 3 is 2.81 bits per heavy atom. The van der Waals surface area contributed by atoms with Gasteiger partial charge >= 0.3 is 0 Å². The normalized spacial score (nSPS) is 14.2. The van der Waals surface area contributed by atoms with Gasteiger partial charge in [0.1, 0.15) is 12.1 Å². The van der Waals surface area contributed by atoms with Crippen LogP contribution in [-0.4, -0.2) is 24.0 Å². The maximum atomic E-state index is 9.15. The molecular weight excluding hydrogens is 206 g/mol. The zero-order valence-electron chi connectivity index (χ0n) is 9.69. The van der Waals surface area contributed by atoms with Gasteiger partial charge < -0.3 is 19.9 Å². The second kappa shape index (κ2) is 4.31. The Bertz CT molecular complexity index is 377. The molecule has 4 heteroatoms. The van der Waals surface area contributed by atoms with Crippen LogP contribution in [0.5, 0.6) is 11.5 Å². The first-order valence-electron chi connectivity index (χ1n) is 5.44. The van der Waals surface area contributed by atoms with Crippen LogP contribution >= 0.6 is 0 Å². The standard InChI is InChI=1S/C12H17NO3/c1-12(2,7-14)13-6-9-3-4-10-11(5-9)16-8-15-10/h3-5,13-14H,6-8H2,1-2H3/p+1. The van der Waals surface area contributed by atoms with Crippen LogP contribution in [0.1, 0.15) is 19.4 Å². The molecule has 1 aliphatic heterocycles. The molecule has 2 rings (SSSR count). The van der Waals surface area contributed by atoms with E-state index in [-0.39, 0.29) is 12.1 Å². The second-order valence-corrected chi connectivity index (χ2v) is 4.74. The Labute approximate surface area is 95.2 Å². The molecule has 1 aromatic carbocycles. The van der Waals surface area contributed by atoms with Crippen LogP contribution in [0.25, 0.3) is 0 Å². The van der Waals surface area contributed by atoms with Gasteiger partial charge in [0.15, 0.2) is 11.5 Å². The van der Waals surface area contributed by atoms with Crippen LogP contribution < -0.4 is 14.8 Å². The van der Waals surface area contributed by atoms with Crippen LogP contribution in [0, 0.1) is 0 Å². The SMILES string of the molecule is CC(C)(CO)[NH2+]Cc1ccc2c(c1)OCO2. The van der Waals surface area contributed by atoms with Crippen LogP contribution in [-0.2, 0) is 6.54 Å². The van der Waals surface area contributed by atoms with Gasteiger partial charge in [0.05, 0.1) is 6.61 Å². The lowest BCUT2D eigenvalue weighted by molar-refractivity contribution is -0.736. The summed E-state index contributed by atoms with van der Waals surface area (Å²) in [6.07, 6.45) is 0. The highest BCUT2D eigenvalue weighted by Crippen LogP contribution is 2.32. The lowest BCUT2D eigenvalue weighted by Crippen LogP contribution is -2.95. The van der Waals surface area contributed by atoms with Crippen molar-refractivity contribution in [3.63, 3.8) is 0 Å². The van der Waals surface area contributed by atoms with Gasteiger partial charge in [0, 0.05) is 5.56 Å². The molecule has 0 aromatic heterocycles. The predicted molar refractivity (Wildman–Crippen MR) is 59.4 cm³/mol. The molecule has 0 spiro atoms. The van der Waals surface area contributed by atoms with Gasteiger partial charge in [-0.1, -0.05) is 0 Å². The number of hydrogen-bond donors (Lipinski definition) is 2. The maximum absolute atomic E-state index is 9.15.